The highest BCUT2D eigenvalue weighted by molar-refractivity contribution is 5.87. The van der Waals surface area contributed by atoms with Crippen molar-refractivity contribution in [2.24, 2.45) is 5.92 Å². The van der Waals surface area contributed by atoms with E-state index in [0.29, 0.717) is 38.2 Å². The van der Waals surface area contributed by atoms with Crippen LogP contribution in [0.5, 0.6) is 0 Å². The van der Waals surface area contributed by atoms with E-state index in [4.69, 9.17) is 14.2 Å². The van der Waals surface area contributed by atoms with E-state index in [9.17, 15) is 23.1 Å². The molecule has 2 rings (SSSR count). The van der Waals surface area contributed by atoms with Gasteiger partial charge in [0.15, 0.2) is 5.60 Å². The van der Waals surface area contributed by atoms with Gasteiger partial charge in [-0.15, -0.1) is 0 Å². The minimum absolute atomic E-state index is 0.124. The van der Waals surface area contributed by atoms with Crippen LogP contribution in [-0.4, -0.2) is 53.4 Å². The lowest BCUT2D eigenvalue weighted by Crippen LogP contribution is -2.52. The van der Waals surface area contributed by atoms with Gasteiger partial charge in [-0.2, -0.15) is 13.2 Å². The Bertz CT molecular complexity index is 568. The molecule has 2 fully saturated rings. The van der Waals surface area contributed by atoms with Crippen LogP contribution in [-0.2, 0) is 19.0 Å². The maximum Gasteiger partial charge on any atom is 0.419 e. The van der Waals surface area contributed by atoms with Crippen molar-refractivity contribution in [2.45, 2.75) is 89.1 Å². The molecule has 5 atom stereocenters. The van der Waals surface area contributed by atoms with Crippen LogP contribution in [0.3, 0.4) is 0 Å². The highest BCUT2D eigenvalue weighted by Crippen LogP contribution is 2.49. The van der Waals surface area contributed by atoms with Gasteiger partial charge in [0.2, 0.25) is 0 Å². The van der Waals surface area contributed by atoms with Gasteiger partial charge < -0.3 is 19.3 Å². The minimum atomic E-state index is -4.77. The summed E-state index contributed by atoms with van der Waals surface area (Å²) in [5.74, 6) is -0.594. The third-order valence-electron chi connectivity index (χ3n) is 5.89. The summed E-state index contributed by atoms with van der Waals surface area (Å²) in [5, 5.41) is 9.73. The Kier molecular flexibility index (Phi) is 6.34. The van der Waals surface area contributed by atoms with E-state index < -0.39 is 30.0 Å². The van der Waals surface area contributed by atoms with Gasteiger partial charge in [-0.1, -0.05) is 20.4 Å². The second kappa shape index (κ2) is 7.72. The van der Waals surface area contributed by atoms with Gasteiger partial charge in [-0.05, 0) is 33.1 Å². The Labute approximate surface area is 157 Å². The first-order valence-electron chi connectivity index (χ1n) is 9.32. The Hall–Kier alpha value is -1.12. The molecule has 0 radical (unpaired) electrons. The maximum absolute atomic E-state index is 13.0. The lowest BCUT2D eigenvalue weighted by Gasteiger charge is -2.43. The quantitative estimate of drug-likeness (QED) is 0.504. The summed E-state index contributed by atoms with van der Waals surface area (Å²) in [4.78, 5) is 11.7. The van der Waals surface area contributed by atoms with Gasteiger partial charge in [0.1, 0.15) is 6.10 Å². The molecule has 0 aromatic carbocycles. The summed E-state index contributed by atoms with van der Waals surface area (Å²) in [7, 11) is 0. The number of ether oxygens (including phenoxy) is 3. The monoisotopic (exact) mass is 394 g/mol. The molecule has 0 aromatic heterocycles. The summed E-state index contributed by atoms with van der Waals surface area (Å²) >= 11 is 0. The van der Waals surface area contributed by atoms with Crippen LogP contribution in [0.4, 0.5) is 13.2 Å². The molecule has 2 heterocycles. The molecular weight excluding hydrogens is 365 g/mol. The molecule has 0 aromatic rings. The Morgan fingerprint density at radius 2 is 1.81 bits per heavy atom. The van der Waals surface area contributed by atoms with Crippen LogP contribution in [0.25, 0.3) is 0 Å². The molecule has 2 aliphatic rings. The van der Waals surface area contributed by atoms with Crippen molar-refractivity contribution in [3.63, 3.8) is 0 Å². The van der Waals surface area contributed by atoms with E-state index in [1.807, 2.05) is 13.8 Å². The topological polar surface area (TPSA) is 65.0 Å². The second-order valence-electron chi connectivity index (χ2n) is 7.85. The van der Waals surface area contributed by atoms with Gasteiger partial charge in [0.05, 0.1) is 24.4 Å². The van der Waals surface area contributed by atoms with E-state index in [1.54, 1.807) is 6.92 Å². The maximum atomic E-state index is 13.0. The summed E-state index contributed by atoms with van der Waals surface area (Å²) in [5.41, 5.74) is -3.44. The average Bonchev–Trinajstić information content (AvgIpc) is 3.15. The summed E-state index contributed by atoms with van der Waals surface area (Å²) < 4.78 is 56.0. The summed E-state index contributed by atoms with van der Waals surface area (Å²) in [6.07, 6.45) is -3.70. The Morgan fingerprint density at radius 3 is 2.22 bits per heavy atom. The number of alkyl halides is 3. The smallest absolute Gasteiger partial charge is 0.419 e. The third-order valence-corrected chi connectivity index (χ3v) is 5.89. The number of esters is 1. The zero-order valence-corrected chi connectivity index (χ0v) is 16.3. The molecule has 5 nitrogen and oxygen atoms in total. The molecule has 2 bridgehead atoms. The molecule has 156 valence electrons. The normalized spacial score (nSPS) is 30.2. The Balaban J connectivity index is 2.07. The van der Waals surface area contributed by atoms with Crippen molar-refractivity contribution in [3.8, 4) is 0 Å². The van der Waals surface area contributed by atoms with Gasteiger partial charge in [0, 0.05) is 17.9 Å². The number of rotatable bonds is 8. The number of carbonyl (C=O) groups excluding carboxylic acids is 1. The minimum Gasteiger partial charge on any atom is -0.456 e. The van der Waals surface area contributed by atoms with Crippen molar-refractivity contribution < 1.29 is 37.3 Å². The number of hydrogen-bond donors (Lipinski definition) is 1. The fourth-order valence-corrected chi connectivity index (χ4v) is 3.98. The average molecular weight is 394 g/mol. The summed E-state index contributed by atoms with van der Waals surface area (Å²) in [6.45, 7) is 8.72. The molecule has 1 N–H and O–H groups in total. The van der Waals surface area contributed by atoms with Crippen molar-refractivity contribution in [1.29, 1.82) is 0 Å². The number of aliphatic hydroxyl groups is 1. The van der Waals surface area contributed by atoms with Crippen molar-refractivity contribution in [2.75, 3.05) is 6.61 Å². The van der Waals surface area contributed by atoms with Crippen LogP contribution in [0, 0.1) is 5.92 Å². The van der Waals surface area contributed by atoms with Crippen LogP contribution >= 0.6 is 0 Å². The first kappa shape index (κ1) is 22.2. The highest BCUT2D eigenvalue weighted by atomic mass is 19.4. The third kappa shape index (κ3) is 4.32. The molecule has 0 spiro atoms. The van der Waals surface area contributed by atoms with E-state index in [-0.39, 0.29) is 24.2 Å². The molecule has 8 heteroatoms. The van der Waals surface area contributed by atoms with Crippen molar-refractivity contribution in [3.05, 3.63) is 12.2 Å². The predicted molar refractivity (Wildman–Crippen MR) is 92.0 cm³/mol. The van der Waals surface area contributed by atoms with E-state index >= 15 is 0 Å². The van der Waals surface area contributed by atoms with E-state index in [1.165, 1.54) is 0 Å². The van der Waals surface area contributed by atoms with Gasteiger partial charge in [-0.3, -0.25) is 0 Å². The number of carbonyl (C=O) groups is 1. The second-order valence-corrected chi connectivity index (χ2v) is 7.85. The fourth-order valence-electron chi connectivity index (χ4n) is 3.98. The lowest BCUT2D eigenvalue weighted by molar-refractivity contribution is -0.281. The number of halogens is 3. The predicted octanol–water partition coefficient (Wildman–Crippen LogP) is 3.54. The molecule has 27 heavy (non-hydrogen) atoms. The molecule has 0 saturated carbocycles. The van der Waals surface area contributed by atoms with Crippen LogP contribution in [0.1, 0.15) is 53.4 Å². The van der Waals surface area contributed by atoms with Crippen molar-refractivity contribution in [1.82, 2.24) is 0 Å². The zero-order valence-electron chi connectivity index (χ0n) is 16.3. The van der Waals surface area contributed by atoms with E-state index in [2.05, 4.69) is 6.58 Å². The van der Waals surface area contributed by atoms with Crippen molar-refractivity contribution >= 4 is 5.97 Å². The zero-order chi connectivity index (χ0) is 20.6. The highest BCUT2D eigenvalue weighted by Gasteiger charge is 2.57. The molecule has 0 amide bonds. The summed E-state index contributed by atoms with van der Waals surface area (Å²) in [6, 6.07) is 0. The van der Waals surface area contributed by atoms with Crippen LogP contribution < -0.4 is 0 Å². The standard InChI is InChI=1S/C19H29F3O5/c1-6-18(7-2,25-10-17(5,24)19(20,21)22)12-8-14-15(9-13(12)26-14)27-16(23)11(3)4/h12-15,24H,3,6-10H2,1-2,4-5H3. The van der Waals surface area contributed by atoms with Gasteiger partial charge in [0.25, 0.3) is 0 Å². The van der Waals surface area contributed by atoms with Crippen LogP contribution in [0.15, 0.2) is 12.2 Å². The number of hydrogen-bond acceptors (Lipinski definition) is 5. The first-order valence-corrected chi connectivity index (χ1v) is 9.32. The number of fused-ring (bicyclic) bond motifs is 2. The Morgan fingerprint density at radius 1 is 1.22 bits per heavy atom. The molecular formula is C19H29F3O5. The lowest BCUT2D eigenvalue weighted by atomic mass is 9.73. The van der Waals surface area contributed by atoms with Crippen LogP contribution in [0.2, 0.25) is 0 Å². The SMILES string of the molecule is C=C(C)C(=O)OC1CC2OC1CC2C(CC)(CC)OCC(C)(O)C(F)(F)F. The van der Waals surface area contributed by atoms with Gasteiger partial charge >= 0.3 is 12.1 Å². The molecule has 5 unspecified atom stereocenters. The van der Waals surface area contributed by atoms with Gasteiger partial charge in [-0.25, -0.2) is 4.79 Å². The first-order chi connectivity index (χ1) is 12.4. The molecule has 2 saturated heterocycles. The molecule has 0 aliphatic carbocycles. The van der Waals surface area contributed by atoms with E-state index in [0.717, 1.165) is 0 Å². The largest absolute Gasteiger partial charge is 0.456 e. The fraction of sp³-hybridized carbons (Fsp3) is 0.842. The molecule has 2 aliphatic heterocycles.